The molecule has 0 radical (unpaired) electrons. The summed E-state index contributed by atoms with van der Waals surface area (Å²) in [5.74, 6) is -0.611. The molecule has 0 amide bonds. The number of methoxy groups -OCH3 is 1. The smallest absolute Gasteiger partial charge is 0.180 e. The molecule has 3 aromatic rings. The van der Waals surface area contributed by atoms with Gasteiger partial charge in [-0.3, -0.25) is 14.4 Å². The lowest BCUT2D eigenvalue weighted by molar-refractivity contribution is -0.118. The molecule has 1 spiro atoms. The van der Waals surface area contributed by atoms with Gasteiger partial charge in [0.25, 0.3) is 0 Å². The van der Waals surface area contributed by atoms with Crippen LogP contribution < -0.4 is 9.64 Å². The van der Waals surface area contributed by atoms with Gasteiger partial charge in [0.15, 0.2) is 17.3 Å². The Balaban J connectivity index is 1.66. The van der Waals surface area contributed by atoms with Gasteiger partial charge in [-0.25, -0.2) is 0 Å². The average molecular weight is 484 g/mol. The molecule has 3 aromatic carbocycles. The van der Waals surface area contributed by atoms with Crippen LogP contribution in [-0.2, 0) is 4.79 Å². The zero-order valence-corrected chi connectivity index (χ0v) is 20.0. The molecule has 3 atom stereocenters. The molecule has 6 heteroatoms. The second kappa shape index (κ2) is 7.65. The minimum Gasteiger partial charge on any atom is -0.497 e. The van der Waals surface area contributed by atoms with E-state index >= 15 is 0 Å². The van der Waals surface area contributed by atoms with E-state index in [-0.39, 0.29) is 17.3 Å². The van der Waals surface area contributed by atoms with Crippen molar-refractivity contribution in [1.82, 2.24) is 0 Å². The SMILES string of the molecule is COc1ccc([C@@H]2[C@@H](C(C)=O)N3c4ccc(Cl)cc4C=C[C@@H]3C23C(=O)c2ccccc2C3=O)cc1. The Hall–Kier alpha value is -3.70. The van der Waals surface area contributed by atoms with Crippen LogP contribution in [0.3, 0.4) is 0 Å². The summed E-state index contributed by atoms with van der Waals surface area (Å²) in [7, 11) is 1.58. The Bertz CT molecular complexity index is 1410. The van der Waals surface area contributed by atoms with Crippen LogP contribution >= 0.6 is 11.6 Å². The fourth-order valence-corrected chi connectivity index (χ4v) is 6.47. The number of rotatable bonds is 3. The fraction of sp³-hybridized carbons (Fsp3) is 0.207. The number of fused-ring (bicyclic) bond motifs is 5. The number of nitrogens with zero attached hydrogens (tertiary/aromatic N) is 1. The Labute approximate surface area is 208 Å². The van der Waals surface area contributed by atoms with Crippen molar-refractivity contribution in [3.05, 3.63) is 100 Å². The van der Waals surface area contributed by atoms with Crippen molar-refractivity contribution in [1.29, 1.82) is 0 Å². The summed E-state index contributed by atoms with van der Waals surface area (Å²) in [6.07, 6.45) is 3.79. The highest BCUT2D eigenvalue weighted by Gasteiger charge is 2.71. The number of Topliss-reactive ketones (excluding diaryl/α,β-unsaturated/α-hetero) is 3. The lowest BCUT2D eigenvalue weighted by atomic mass is 9.64. The third-order valence-corrected chi connectivity index (χ3v) is 7.89. The lowest BCUT2D eigenvalue weighted by Crippen LogP contribution is -2.48. The molecule has 0 N–H and O–H groups in total. The zero-order chi connectivity index (χ0) is 24.5. The van der Waals surface area contributed by atoms with Crippen LogP contribution in [0.1, 0.15) is 44.7 Å². The van der Waals surface area contributed by atoms with Gasteiger partial charge in [0.05, 0.1) is 19.2 Å². The van der Waals surface area contributed by atoms with Crippen LogP contribution in [0, 0.1) is 5.41 Å². The molecule has 174 valence electrons. The van der Waals surface area contributed by atoms with Crippen LogP contribution in [0.25, 0.3) is 6.08 Å². The molecule has 3 aliphatic rings. The lowest BCUT2D eigenvalue weighted by Gasteiger charge is -2.37. The summed E-state index contributed by atoms with van der Waals surface area (Å²) < 4.78 is 5.33. The van der Waals surface area contributed by atoms with Crippen LogP contribution in [0.4, 0.5) is 5.69 Å². The number of ether oxygens (including phenoxy) is 1. The number of hydrogen-bond donors (Lipinski definition) is 0. The maximum Gasteiger partial charge on any atom is 0.180 e. The summed E-state index contributed by atoms with van der Waals surface area (Å²) in [5.41, 5.74) is 1.74. The normalized spacial score (nSPS) is 23.3. The molecule has 5 nitrogen and oxygen atoms in total. The van der Waals surface area contributed by atoms with Gasteiger partial charge in [-0.15, -0.1) is 0 Å². The Kier molecular flexibility index (Phi) is 4.77. The van der Waals surface area contributed by atoms with Crippen LogP contribution in [-0.4, -0.2) is 36.5 Å². The third-order valence-electron chi connectivity index (χ3n) is 7.66. The van der Waals surface area contributed by atoms with E-state index < -0.39 is 23.4 Å². The molecule has 0 aromatic heterocycles. The number of halogens is 1. The van der Waals surface area contributed by atoms with E-state index in [0.29, 0.717) is 21.9 Å². The topological polar surface area (TPSA) is 63.7 Å². The minimum atomic E-state index is -1.47. The second-order valence-electron chi connectivity index (χ2n) is 9.29. The van der Waals surface area contributed by atoms with Gasteiger partial charge < -0.3 is 9.64 Å². The molecular formula is C29H22ClNO4. The number of ketones is 3. The first-order valence-electron chi connectivity index (χ1n) is 11.5. The Morgan fingerprint density at radius 2 is 1.63 bits per heavy atom. The van der Waals surface area contributed by atoms with E-state index in [9.17, 15) is 14.4 Å². The maximum atomic E-state index is 14.3. The maximum absolute atomic E-state index is 14.3. The first-order chi connectivity index (χ1) is 16.9. The van der Waals surface area contributed by atoms with E-state index in [1.807, 2.05) is 41.3 Å². The predicted molar refractivity (Wildman–Crippen MR) is 134 cm³/mol. The van der Waals surface area contributed by atoms with E-state index in [0.717, 1.165) is 16.8 Å². The Morgan fingerprint density at radius 1 is 0.971 bits per heavy atom. The van der Waals surface area contributed by atoms with Gasteiger partial charge >= 0.3 is 0 Å². The van der Waals surface area contributed by atoms with Crippen molar-refractivity contribution < 1.29 is 19.1 Å². The highest BCUT2D eigenvalue weighted by Crippen LogP contribution is 2.60. The minimum absolute atomic E-state index is 0.111. The van der Waals surface area contributed by atoms with E-state index in [1.54, 1.807) is 49.6 Å². The van der Waals surface area contributed by atoms with Crippen molar-refractivity contribution in [2.45, 2.75) is 24.9 Å². The van der Waals surface area contributed by atoms with Gasteiger partial charge in [-0.2, -0.15) is 0 Å². The largest absolute Gasteiger partial charge is 0.497 e. The second-order valence-corrected chi connectivity index (χ2v) is 9.73. The number of benzene rings is 3. The highest BCUT2D eigenvalue weighted by atomic mass is 35.5. The van der Waals surface area contributed by atoms with Gasteiger partial charge in [0.1, 0.15) is 11.2 Å². The monoisotopic (exact) mass is 483 g/mol. The summed E-state index contributed by atoms with van der Waals surface area (Å²) in [6.45, 7) is 1.53. The van der Waals surface area contributed by atoms with Crippen molar-refractivity contribution in [3.8, 4) is 5.75 Å². The van der Waals surface area contributed by atoms with Crippen molar-refractivity contribution in [2.24, 2.45) is 5.41 Å². The molecule has 6 rings (SSSR count). The molecular weight excluding hydrogens is 462 g/mol. The number of carbonyl (C=O) groups excluding carboxylic acids is 3. The van der Waals surface area contributed by atoms with Crippen molar-refractivity contribution in [3.63, 3.8) is 0 Å². The third kappa shape index (κ3) is 2.79. The number of hydrogen-bond acceptors (Lipinski definition) is 5. The van der Waals surface area contributed by atoms with Gasteiger partial charge in [-0.05, 0) is 48.4 Å². The summed E-state index contributed by atoms with van der Waals surface area (Å²) in [4.78, 5) is 43.9. The standard InChI is InChI=1S/C29H22ClNO4/c1-16(32)26-25(17-7-11-20(35-2)12-8-17)29(27(33)21-5-3-4-6-22(21)28(29)34)24-14-9-18-15-19(30)10-13-23(18)31(24)26/h3-15,24-26H,1-2H3/t24-,25-,26-/m1/s1. The molecule has 0 unspecified atom stereocenters. The molecule has 35 heavy (non-hydrogen) atoms. The van der Waals surface area contributed by atoms with E-state index in [4.69, 9.17) is 16.3 Å². The summed E-state index contributed by atoms with van der Waals surface area (Å²) >= 11 is 6.26. The molecule has 0 bridgehead atoms. The zero-order valence-electron chi connectivity index (χ0n) is 19.2. The molecule has 2 heterocycles. The molecule has 1 aliphatic carbocycles. The van der Waals surface area contributed by atoms with E-state index in [1.165, 1.54) is 6.92 Å². The molecule has 1 saturated heterocycles. The quantitative estimate of drug-likeness (QED) is 0.468. The predicted octanol–water partition coefficient (Wildman–Crippen LogP) is 5.37. The van der Waals surface area contributed by atoms with Gasteiger partial charge in [0, 0.05) is 27.8 Å². The number of carbonyl (C=O) groups is 3. The summed E-state index contributed by atoms with van der Waals surface area (Å²) in [5, 5.41) is 0.576. The van der Waals surface area contributed by atoms with E-state index in [2.05, 4.69) is 0 Å². The first kappa shape index (κ1) is 21.8. The molecule has 1 fully saturated rings. The number of anilines is 1. The first-order valence-corrected chi connectivity index (χ1v) is 11.9. The van der Waals surface area contributed by atoms with Gasteiger partial charge in [-0.1, -0.05) is 60.2 Å². The van der Waals surface area contributed by atoms with Crippen LogP contribution in [0.2, 0.25) is 5.02 Å². The fourth-order valence-electron chi connectivity index (χ4n) is 6.29. The van der Waals surface area contributed by atoms with Crippen molar-refractivity contribution >= 4 is 40.7 Å². The van der Waals surface area contributed by atoms with Crippen molar-refractivity contribution in [2.75, 3.05) is 12.0 Å². The highest BCUT2D eigenvalue weighted by molar-refractivity contribution is 6.32. The molecule has 0 saturated carbocycles. The van der Waals surface area contributed by atoms with Crippen LogP contribution in [0.15, 0.2) is 72.8 Å². The molecule has 2 aliphatic heterocycles. The average Bonchev–Trinajstić information content (AvgIpc) is 3.30. The van der Waals surface area contributed by atoms with Gasteiger partial charge in [0.2, 0.25) is 0 Å². The Morgan fingerprint density at radius 3 is 2.23 bits per heavy atom. The van der Waals surface area contributed by atoms with Crippen LogP contribution in [0.5, 0.6) is 5.75 Å². The summed E-state index contributed by atoms with van der Waals surface area (Å²) in [6, 6.07) is 18.4.